The van der Waals surface area contributed by atoms with E-state index in [9.17, 15) is 25.9 Å². The van der Waals surface area contributed by atoms with Gasteiger partial charge in [-0.15, -0.1) is 0 Å². The second kappa shape index (κ2) is 13.9. The van der Waals surface area contributed by atoms with Gasteiger partial charge in [-0.1, -0.05) is 121 Å². The Morgan fingerprint density at radius 3 is 0.919 bits per heavy atom. The monoisotopic (exact) mass is 581 g/mol. The number of hydrogen-bond acceptors (Lipinski definition) is 6. The van der Waals surface area contributed by atoms with E-state index < -0.39 is 20.2 Å². The standard InChI is InChI=1S/2C14H12O3S.Cu/c2*15-18(16,17)14-11-7-3-5-9-12-8-4-1-2-6-10-13(12)14;/h2*1-11H,(H,15,16,17);/q;;+2/p-2/b2*2-1?,4-1?,5-3?,6-2?,7-3?,8-4?,9-5?,10-6?,11-7?,12-8?,12-9?,13-10?,13-12+,14-11?,14-13?;. The molecule has 1 radical (unpaired) electrons. The Hall–Kier alpha value is -3.30. The van der Waals surface area contributed by atoms with E-state index in [0.29, 0.717) is 20.9 Å². The fraction of sp³-hybridized carbons (Fsp3) is 0. The van der Waals surface area contributed by atoms with E-state index in [0.717, 1.165) is 0 Å². The van der Waals surface area contributed by atoms with Crippen LogP contribution in [0.2, 0.25) is 0 Å². The van der Waals surface area contributed by atoms with Crippen LogP contribution in [0.5, 0.6) is 0 Å². The topological polar surface area (TPSA) is 114 Å². The quantitative estimate of drug-likeness (QED) is 0.246. The average molecular weight is 582 g/mol. The average Bonchev–Trinajstić information content (AvgIpc) is 2.73. The summed E-state index contributed by atoms with van der Waals surface area (Å²) in [4.78, 5) is -0.427. The van der Waals surface area contributed by atoms with Crippen molar-refractivity contribution in [2.45, 2.75) is 9.79 Å². The molecule has 4 aliphatic carbocycles. The van der Waals surface area contributed by atoms with Crippen LogP contribution >= 0.6 is 0 Å². The maximum absolute atomic E-state index is 11.3. The van der Waals surface area contributed by atoms with E-state index in [4.69, 9.17) is 0 Å². The molecule has 0 heterocycles. The zero-order valence-electron chi connectivity index (χ0n) is 19.3. The Balaban J connectivity index is 0.000000253. The van der Waals surface area contributed by atoms with Crippen LogP contribution in [0.1, 0.15) is 0 Å². The van der Waals surface area contributed by atoms with E-state index in [2.05, 4.69) is 0 Å². The van der Waals surface area contributed by atoms with Gasteiger partial charge in [-0.3, -0.25) is 0 Å². The van der Waals surface area contributed by atoms with Crippen molar-refractivity contribution in [2.75, 3.05) is 0 Å². The molecule has 0 spiro atoms. The van der Waals surface area contributed by atoms with Crippen molar-refractivity contribution in [2.24, 2.45) is 0 Å². The van der Waals surface area contributed by atoms with Gasteiger partial charge in [0.25, 0.3) is 0 Å². The largest absolute Gasteiger partial charge is 2.00 e. The minimum absolute atomic E-state index is 0. The summed E-state index contributed by atoms with van der Waals surface area (Å²) in [7, 11) is -9.01. The van der Waals surface area contributed by atoms with E-state index in [1.165, 1.54) is 24.3 Å². The van der Waals surface area contributed by atoms with E-state index in [1.807, 2.05) is 12.1 Å². The van der Waals surface area contributed by atoms with Gasteiger partial charge in [0.1, 0.15) is 20.2 Å². The fourth-order valence-electron chi connectivity index (χ4n) is 3.34. The first-order valence-electron chi connectivity index (χ1n) is 10.7. The van der Waals surface area contributed by atoms with Crippen LogP contribution in [-0.4, -0.2) is 25.9 Å². The summed E-state index contributed by atoms with van der Waals surface area (Å²) in [6, 6.07) is 37.2. The molecular formula is C28H22CuO6S2. The fourth-order valence-corrected chi connectivity index (χ4v) is 4.74. The van der Waals surface area contributed by atoms with E-state index in [1.54, 1.807) is 97.1 Å². The molecule has 0 bridgehead atoms. The van der Waals surface area contributed by atoms with Crippen molar-refractivity contribution in [3.05, 3.63) is 154 Å². The van der Waals surface area contributed by atoms with Crippen molar-refractivity contribution in [1.82, 2.24) is 0 Å². The van der Waals surface area contributed by atoms with Crippen LogP contribution in [0, 0.1) is 20.9 Å². The molecule has 0 amide bonds. The summed E-state index contributed by atoms with van der Waals surface area (Å²) in [5, 5.41) is 2.19. The molecule has 0 N–H and O–H groups in total. The summed E-state index contributed by atoms with van der Waals surface area (Å²) in [5.41, 5.74) is 0. The normalized spacial score (nSPS) is 12.6. The molecule has 0 fully saturated rings. The third-order valence-corrected chi connectivity index (χ3v) is 6.72. The van der Waals surface area contributed by atoms with E-state index in [-0.39, 0.29) is 26.9 Å². The minimum atomic E-state index is -4.51. The molecule has 0 saturated carbocycles. The molecule has 4 aliphatic rings. The van der Waals surface area contributed by atoms with Crippen LogP contribution in [0.25, 0.3) is 0 Å². The van der Waals surface area contributed by atoms with Gasteiger partial charge >= 0.3 is 17.1 Å². The first-order valence-corrected chi connectivity index (χ1v) is 13.5. The summed E-state index contributed by atoms with van der Waals surface area (Å²) in [6.45, 7) is 0. The number of rotatable bonds is 2. The number of hydrogen-bond donors (Lipinski definition) is 0. The molecule has 0 saturated heterocycles. The minimum Gasteiger partial charge on any atom is -0.744 e. The molecular weight excluding hydrogens is 560 g/mol. The summed E-state index contributed by atoms with van der Waals surface area (Å²) < 4.78 is 67.9. The zero-order valence-corrected chi connectivity index (χ0v) is 21.8. The molecule has 0 aromatic heterocycles. The predicted octanol–water partition coefficient (Wildman–Crippen LogP) is 4.88. The smallest absolute Gasteiger partial charge is 0.744 e. The van der Waals surface area contributed by atoms with Gasteiger partial charge in [-0.05, 0) is 33.0 Å². The summed E-state index contributed by atoms with van der Waals surface area (Å²) in [5.74, 6) is 0. The molecule has 0 aromatic carbocycles. The predicted molar refractivity (Wildman–Crippen MR) is 135 cm³/mol. The van der Waals surface area contributed by atoms with Crippen molar-refractivity contribution in [1.29, 1.82) is 0 Å². The first-order chi connectivity index (χ1) is 17.2. The van der Waals surface area contributed by atoms with E-state index >= 15 is 0 Å². The Bertz CT molecular complexity index is 1650. The second-order valence-corrected chi connectivity index (χ2v) is 10.1. The van der Waals surface area contributed by atoms with Crippen molar-refractivity contribution < 1.29 is 43.0 Å². The van der Waals surface area contributed by atoms with Gasteiger partial charge in [0.15, 0.2) is 0 Å². The Morgan fingerprint density at radius 1 is 0.378 bits per heavy atom. The van der Waals surface area contributed by atoms with Crippen molar-refractivity contribution in [3.63, 3.8) is 0 Å². The van der Waals surface area contributed by atoms with Crippen LogP contribution in [0.4, 0.5) is 0 Å². The first kappa shape index (κ1) is 29.9. The third-order valence-electron chi connectivity index (χ3n) is 4.93. The van der Waals surface area contributed by atoms with Gasteiger partial charge in [0, 0.05) is 0 Å². The summed E-state index contributed by atoms with van der Waals surface area (Å²) in [6.07, 6.45) is 0. The van der Waals surface area contributed by atoms with Crippen LogP contribution in [0.15, 0.2) is 143 Å². The Morgan fingerprint density at radius 2 is 0.622 bits per heavy atom. The van der Waals surface area contributed by atoms with Gasteiger partial charge in [0.2, 0.25) is 0 Å². The molecule has 0 atom stereocenters. The maximum Gasteiger partial charge on any atom is 2.00 e. The molecule has 37 heavy (non-hydrogen) atoms. The molecule has 0 unspecified atom stereocenters. The Labute approximate surface area is 226 Å². The van der Waals surface area contributed by atoms with Crippen LogP contribution in [-0.2, 0) is 37.3 Å². The van der Waals surface area contributed by atoms with Crippen LogP contribution in [0.3, 0.4) is 0 Å². The molecule has 6 nitrogen and oxygen atoms in total. The SMILES string of the molecule is O=S(=O)([O-])c1ccccc/c2cccccc/c1=2.O=S(=O)([O-])c1ccccc/c2cccccc/c1=2.[Cu+2]. The van der Waals surface area contributed by atoms with Gasteiger partial charge in [-0.25, -0.2) is 16.8 Å². The molecule has 193 valence electrons. The third kappa shape index (κ3) is 8.94. The van der Waals surface area contributed by atoms with Gasteiger partial charge in [-0.2, -0.15) is 0 Å². The van der Waals surface area contributed by atoms with Gasteiger partial charge in [0.05, 0.1) is 9.79 Å². The molecule has 9 heteroatoms. The maximum atomic E-state index is 11.3. The molecule has 0 aliphatic heterocycles. The Kier molecular flexibility index (Phi) is 11.2. The van der Waals surface area contributed by atoms with Crippen molar-refractivity contribution >= 4 is 20.2 Å². The second-order valence-electron chi connectivity index (χ2n) is 7.40. The van der Waals surface area contributed by atoms with Crippen molar-refractivity contribution in [3.8, 4) is 0 Å². The molecule has 0 aromatic rings. The zero-order chi connectivity index (χ0) is 26.0. The summed E-state index contributed by atoms with van der Waals surface area (Å²) >= 11 is 0. The molecule has 4 rings (SSSR count). The van der Waals surface area contributed by atoms with Crippen LogP contribution < -0.4 is 0 Å². The van der Waals surface area contributed by atoms with Gasteiger partial charge < -0.3 is 9.11 Å².